The maximum atomic E-state index is 13.5. The van der Waals surface area contributed by atoms with Crippen LogP contribution in [0.15, 0.2) is 18.2 Å². The number of nitrogens with one attached hydrogen (secondary N) is 1. The van der Waals surface area contributed by atoms with Crippen LogP contribution in [0.3, 0.4) is 0 Å². The molecule has 2 heterocycles. The Morgan fingerprint density at radius 2 is 1.76 bits per heavy atom. The lowest BCUT2D eigenvalue weighted by atomic mass is 9.78. The van der Waals surface area contributed by atoms with E-state index in [9.17, 15) is 22.8 Å². The summed E-state index contributed by atoms with van der Waals surface area (Å²) in [5, 5.41) is 11.8. The smallest absolute Gasteiger partial charge is 0.370 e. The minimum absolute atomic E-state index is 0.00587. The molecule has 2 aliphatic heterocycles. The van der Waals surface area contributed by atoms with E-state index in [0.29, 0.717) is 31.9 Å². The Morgan fingerprint density at radius 1 is 1.09 bits per heavy atom. The number of benzene rings is 1. The van der Waals surface area contributed by atoms with Crippen LogP contribution in [0.4, 0.5) is 18.9 Å². The molecule has 3 aliphatic rings. The average molecular weight is 477 g/mol. The second-order valence-electron chi connectivity index (χ2n) is 9.77. The summed E-state index contributed by atoms with van der Waals surface area (Å²) in [6.45, 7) is 2.15. The monoisotopic (exact) mass is 476 g/mol. The van der Waals surface area contributed by atoms with Crippen LogP contribution < -0.4 is 10.2 Å². The van der Waals surface area contributed by atoms with Gasteiger partial charge in [-0.15, -0.1) is 0 Å². The molecule has 2 saturated heterocycles. The summed E-state index contributed by atoms with van der Waals surface area (Å²) in [5.74, 6) is 0.174. The van der Waals surface area contributed by atoms with E-state index in [1.54, 1.807) is 13.1 Å². The van der Waals surface area contributed by atoms with Gasteiger partial charge in [0.15, 0.2) is 0 Å². The van der Waals surface area contributed by atoms with Crippen molar-refractivity contribution in [3.8, 4) is 6.07 Å². The number of rotatable bonds is 4. The Balaban J connectivity index is 1.49. The van der Waals surface area contributed by atoms with Crippen molar-refractivity contribution in [1.82, 2.24) is 10.2 Å². The zero-order valence-electron chi connectivity index (χ0n) is 19.4. The number of anilines is 1. The van der Waals surface area contributed by atoms with Crippen LogP contribution in [-0.4, -0.2) is 49.9 Å². The van der Waals surface area contributed by atoms with Crippen molar-refractivity contribution >= 4 is 17.5 Å². The SMILES string of the molecule is CNC(=O)[C@@H]1CN(c2ccc(C#N)c(C(F)(F)F)c2)C[C@H]1C1CCN(C(=O)C2CCCC2)CC1. The molecule has 1 N–H and O–H groups in total. The fourth-order valence-electron chi connectivity index (χ4n) is 6.02. The van der Waals surface area contributed by atoms with Crippen LogP contribution in [0.25, 0.3) is 0 Å². The topological polar surface area (TPSA) is 76.4 Å². The van der Waals surface area contributed by atoms with Crippen LogP contribution >= 0.6 is 0 Å². The van der Waals surface area contributed by atoms with Crippen molar-refractivity contribution < 1.29 is 22.8 Å². The lowest BCUT2D eigenvalue weighted by Gasteiger charge is -2.37. The molecule has 4 rings (SSSR count). The first kappa shape index (κ1) is 24.4. The number of halogens is 3. The molecule has 1 aliphatic carbocycles. The molecular weight excluding hydrogens is 445 g/mol. The first-order valence-corrected chi connectivity index (χ1v) is 12.1. The molecule has 6 nitrogen and oxygen atoms in total. The normalized spacial score (nSPS) is 24.3. The summed E-state index contributed by atoms with van der Waals surface area (Å²) in [6, 6.07) is 5.36. The number of alkyl halides is 3. The van der Waals surface area contributed by atoms with Gasteiger partial charge in [0.25, 0.3) is 0 Å². The summed E-state index contributed by atoms with van der Waals surface area (Å²) >= 11 is 0. The fourth-order valence-corrected chi connectivity index (χ4v) is 6.02. The standard InChI is InChI=1S/C25H31F3N4O2/c1-30-23(33)21-15-32(19-7-6-18(13-29)22(12-19)25(26,27)28)14-20(21)16-8-10-31(11-9-16)24(34)17-4-2-3-5-17/h6-7,12,16-17,20-21H,2-5,8-11,14-15H2,1H3,(H,30,33)/t20-,21+/m0/s1. The van der Waals surface area contributed by atoms with Gasteiger partial charge in [-0.05, 0) is 55.7 Å². The Kier molecular flexibility index (Phi) is 7.06. The van der Waals surface area contributed by atoms with Gasteiger partial charge < -0.3 is 15.1 Å². The summed E-state index contributed by atoms with van der Waals surface area (Å²) in [5.41, 5.74) is -0.989. The minimum Gasteiger partial charge on any atom is -0.370 e. The first-order valence-electron chi connectivity index (χ1n) is 12.1. The van der Waals surface area contributed by atoms with E-state index in [4.69, 9.17) is 5.26 Å². The molecule has 2 atom stereocenters. The quantitative estimate of drug-likeness (QED) is 0.717. The number of likely N-dealkylation sites (tertiary alicyclic amines) is 1. The van der Waals surface area contributed by atoms with Gasteiger partial charge in [0.2, 0.25) is 11.8 Å². The van der Waals surface area contributed by atoms with Gasteiger partial charge in [0, 0.05) is 44.8 Å². The van der Waals surface area contributed by atoms with Crippen molar-refractivity contribution in [3.05, 3.63) is 29.3 Å². The Hall–Kier alpha value is -2.76. The van der Waals surface area contributed by atoms with Crippen molar-refractivity contribution in [1.29, 1.82) is 5.26 Å². The lowest BCUT2D eigenvalue weighted by molar-refractivity contribution is -0.138. The summed E-state index contributed by atoms with van der Waals surface area (Å²) in [4.78, 5) is 29.3. The molecular formula is C25H31F3N4O2. The molecule has 184 valence electrons. The van der Waals surface area contributed by atoms with Gasteiger partial charge in [-0.25, -0.2) is 0 Å². The first-order chi connectivity index (χ1) is 16.2. The summed E-state index contributed by atoms with van der Waals surface area (Å²) in [6.07, 6.45) is 1.14. The number of carbonyl (C=O) groups is 2. The molecule has 34 heavy (non-hydrogen) atoms. The molecule has 2 amide bonds. The van der Waals surface area contributed by atoms with Crippen LogP contribution in [0, 0.1) is 35.0 Å². The molecule has 3 fully saturated rings. The Labute approximate surface area is 198 Å². The molecule has 0 aromatic heterocycles. The average Bonchev–Trinajstić information content (AvgIpc) is 3.53. The van der Waals surface area contributed by atoms with Gasteiger partial charge in [-0.3, -0.25) is 9.59 Å². The van der Waals surface area contributed by atoms with Crippen LogP contribution in [0.1, 0.15) is 49.7 Å². The fraction of sp³-hybridized carbons (Fsp3) is 0.640. The Morgan fingerprint density at radius 3 is 2.35 bits per heavy atom. The number of amides is 2. The summed E-state index contributed by atoms with van der Waals surface area (Å²) < 4.78 is 40.4. The molecule has 9 heteroatoms. The van der Waals surface area contributed by atoms with Crippen molar-refractivity contribution in [2.24, 2.45) is 23.7 Å². The maximum absolute atomic E-state index is 13.5. The lowest BCUT2D eigenvalue weighted by Crippen LogP contribution is -2.44. The molecule has 0 spiro atoms. The molecule has 1 aromatic carbocycles. The van der Waals surface area contributed by atoms with Crippen molar-refractivity contribution in [2.45, 2.75) is 44.7 Å². The highest BCUT2D eigenvalue weighted by atomic mass is 19.4. The highest BCUT2D eigenvalue weighted by Crippen LogP contribution is 2.40. The molecule has 0 radical (unpaired) electrons. The highest BCUT2D eigenvalue weighted by molar-refractivity contribution is 5.80. The predicted octanol–water partition coefficient (Wildman–Crippen LogP) is 3.80. The molecule has 1 saturated carbocycles. The summed E-state index contributed by atoms with van der Waals surface area (Å²) in [7, 11) is 1.58. The van der Waals surface area contributed by atoms with Gasteiger partial charge >= 0.3 is 6.18 Å². The second kappa shape index (κ2) is 9.85. The number of piperidine rings is 1. The van der Waals surface area contributed by atoms with Crippen molar-refractivity contribution in [2.75, 3.05) is 38.1 Å². The molecule has 0 unspecified atom stereocenters. The predicted molar refractivity (Wildman–Crippen MR) is 121 cm³/mol. The van der Waals surface area contributed by atoms with E-state index in [1.807, 2.05) is 9.80 Å². The van der Waals surface area contributed by atoms with Crippen molar-refractivity contribution in [3.63, 3.8) is 0 Å². The molecule has 0 bridgehead atoms. The molecule has 1 aromatic rings. The van der Waals surface area contributed by atoms with Crippen LogP contribution in [0.5, 0.6) is 0 Å². The van der Waals surface area contributed by atoms with E-state index in [0.717, 1.165) is 44.6 Å². The van der Waals surface area contributed by atoms with E-state index >= 15 is 0 Å². The largest absolute Gasteiger partial charge is 0.417 e. The van der Waals surface area contributed by atoms with E-state index in [2.05, 4.69) is 5.32 Å². The van der Waals surface area contributed by atoms with E-state index in [-0.39, 0.29) is 35.5 Å². The van der Waals surface area contributed by atoms with E-state index in [1.165, 1.54) is 12.1 Å². The number of nitriles is 1. The number of hydrogen-bond acceptors (Lipinski definition) is 4. The zero-order valence-corrected chi connectivity index (χ0v) is 19.4. The van der Waals surface area contributed by atoms with Gasteiger partial charge in [-0.2, -0.15) is 18.4 Å². The Bertz CT molecular complexity index is 960. The number of hydrogen-bond donors (Lipinski definition) is 1. The maximum Gasteiger partial charge on any atom is 0.417 e. The third-order valence-electron chi connectivity index (χ3n) is 7.90. The van der Waals surface area contributed by atoms with Gasteiger partial charge in [0.05, 0.1) is 23.1 Å². The minimum atomic E-state index is -4.63. The second-order valence-corrected chi connectivity index (χ2v) is 9.77. The third kappa shape index (κ3) is 4.86. The third-order valence-corrected chi connectivity index (χ3v) is 7.90. The highest BCUT2D eigenvalue weighted by Gasteiger charge is 2.44. The van der Waals surface area contributed by atoms with E-state index < -0.39 is 17.3 Å². The number of nitrogens with zero attached hydrogens (tertiary/aromatic N) is 3. The zero-order chi connectivity index (χ0) is 24.5. The number of carbonyl (C=O) groups excluding carboxylic acids is 2. The van der Waals surface area contributed by atoms with Gasteiger partial charge in [-0.1, -0.05) is 12.8 Å². The van der Waals surface area contributed by atoms with Gasteiger partial charge in [0.1, 0.15) is 0 Å². The van der Waals surface area contributed by atoms with Crippen LogP contribution in [-0.2, 0) is 15.8 Å². The van der Waals surface area contributed by atoms with Crippen LogP contribution in [0.2, 0.25) is 0 Å².